The van der Waals surface area contributed by atoms with Crippen molar-refractivity contribution < 1.29 is 14.7 Å². The maximum absolute atomic E-state index is 12.3. The first kappa shape index (κ1) is 14.6. The summed E-state index contributed by atoms with van der Waals surface area (Å²) in [6.07, 6.45) is 4.58. The van der Waals surface area contributed by atoms with E-state index in [1.165, 1.54) is 4.88 Å². The maximum Gasteiger partial charge on any atom is 0.308 e. The van der Waals surface area contributed by atoms with Gasteiger partial charge in [0.05, 0.1) is 5.92 Å². The molecule has 5 heteroatoms. The SMILES string of the molecule is O=C(O)[C@H]1CN(C(=O)CCCc2cccs2)C[C@@H]1C1CC1. The van der Waals surface area contributed by atoms with Crippen LogP contribution in [0.5, 0.6) is 0 Å². The Kier molecular flexibility index (Phi) is 4.29. The summed E-state index contributed by atoms with van der Waals surface area (Å²) in [4.78, 5) is 26.7. The number of hydrogen-bond donors (Lipinski definition) is 1. The second-order valence-electron chi connectivity index (χ2n) is 6.18. The van der Waals surface area contributed by atoms with E-state index < -0.39 is 5.97 Å². The number of carboxylic acid groups (broad SMARTS) is 1. The Balaban J connectivity index is 1.49. The first-order valence-corrected chi connectivity index (χ1v) is 8.56. The third-order valence-corrected chi connectivity index (χ3v) is 5.59. The zero-order valence-electron chi connectivity index (χ0n) is 12.0. The van der Waals surface area contributed by atoms with Gasteiger partial charge in [-0.25, -0.2) is 0 Å². The smallest absolute Gasteiger partial charge is 0.308 e. The molecule has 1 aliphatic heterocycles. The van der Waals surface area contributed by atoms with Crippen LogP contribution in [0.25, 0.3) is 0 Å². The number of carbonyl (C=O) groups excluding carboxylic acids is 1. The molecular formula is C16H21NO3S. The van der Waals surface area contributed by atoms with Gasteiger partial charge >= 0.3 is 5.97 Å². The molecule has 0 radical (unpaired) electrons. The number of nitrogens with zero attached hydrogens (tertiary/aromatic N) is 1. The molecule has 1 saturated heterocycles. The summed E-state index contributed by atoms with van der Waals surface area (Å²) >= 11 is 1.72. The van der Waals surface area contributed by atoms with Gasteiger partial charge in [0, 0.05) is 24.4 Å². The summed E-state index contributed by atoms with van der Waals surface area (Å²) in [6, 6.07) is 4.12. The monoisotopic (exact) mass is 307 g/mol. The lowest BCUT2D eigenvalue weighted by Crippen LogP contribution is -2.29. The van der Waals surface area contributed by atoms with E-state index >= 15 is 0 Å². The van der Waals surface area contributed by atoms with Gasteiger partial charge in [0.25, 0.3) is 0 Å². The molecule has 2 fully saturated rings. The van der Waals surface area contributed by atoms with Crippen LogP contribution in [0, 0.1) is 17.8 Å². The van der Waals surface area contributed by atoms with Crippen molar-refractivity contribution in [3.8, 4) is 0 Å². The lowest BCUT2D eigenvalue weighted by Gasteiger charge is -2.16. The number of carboxylic acids is 1. The third kappa shape index (κ3) is 3.46. The maximum atomic E-state index is 12.3. The molecule has 114 valence electrons. The van der Waals surface area contributed by atoms with Crippen molar-refractivity contribution in [1.82, 2.24) is 4.90 Å². The first-order valence-electron chi connectivity index (χ1n) is 7.68. The summed E-state index contributed by atoms with van der Waals surface area (Å²) in [7, 11) is 0. The zero-order chi connectivity index (χ0) is 14.8. The quantitative estimate of drug-likeness (QED) is 0.879. The number of thiophene rings is 1. The molecule has 0 aromatic carbocycles. The number of aliphatic carboxylic acids is 1. The van der Waals surface area contributed by atoms with E-state index in [4.69, 9.17) is 0 Å². The minimum atomic E-state index is -0.735. The number of rotatable bonds is 6. The molecule has 1 aromatic heterocycles. The van der Waals surface area contributed by atoms with Crippen LogP contribution in [-0.4, -0.2) is 35.0 Å². The van der Waals surface area contributed by atoms with Gasteiger partial charge in [0.2, 0.25) is 5.91 Å². The molecule has 0 spiro atoms. The Labute approximate surface area is 128 Å². The van der Waals surface area contributed by atoms with Crippen molar-refractivity contribution in [2.45, 2.75) is 32.1 Å². The van der Waals surface area contributed by atoms with Gasteiger partial charge < -0.3 is 10.0 Å². The van der Waals surface area contributed by atoms with Gasteiger partial charge in [0.15, 0.2) is 0 Å². The third-order valence-electron chi connectivity index (χ3n) is 4.66. The number of carbonyl (C=O) groups is 2. The van der Waals surface area contributed by atoms with Crippen molar-refractivity contribution >= 4 is 23.2 Å². The number of amides is 1. The van der Waals surface area contributed by atoms with Crippen LogP contribution in [0.1, 0.15) is 30.6 Å². The van der Waals surface area contributed by atoms with Crippen LogP contribution in [0.4, 0.5) is 0 Å². The van der Waals surface area contributed by atoms with E-state index in [0.717, 1.165) is 25.7 Å². The molecule has 4 nitrogen and oxygen atoms in total. The standard InChI is InChI=1S/C16H21NO3S/c18-15(5-1-3-12-4-2-8-21-12)17-9-13(11-6-7-11)14(10-17)16(19)20/h2,4,8,11,13-14H,1,3,5-7,9-10H2,(H,19,20)/t13-,14+/m1/s1. The zero-order valence-corrected chi connectivity index (χ0v) is 12.8. The second-order valence-corrected chi connectivity index (χ2v) is 7.21. The molecule has 2 aliphatic rings. The average Bonchev–Trinajstić information content (AvgIpc) is 3.00. The number of hydrogen-bond acceptors (Lipinski definition) is 3. The Bertz CT molecular complexity index is 510. The van der Waals surface area contributed by atoms with Crippen molar-refractivity contribution in [3.63, 3.8) is 0 Å². The van der Waals surface area contributed by atoms with Crippen LogP contribution in [0.3, 0.4) is 0 Å². The topological polar surface area (TPSA) is 57.6 Å². The first-order chi connectivity index (χ1) is 10.1. The van der Waals surface area contributed by atoms with Crippen LogP contribution in [0.2, 0.25) is 0 Å². The molecule has 0 bridgehead atoms. The van der Waals surface area contributed by atoms with Crippen molar-refractivity contribution in [2.24, 2.45) is 17.8 Å². The van der Waals surface area contributed by atoms with Gasteiger partial charge in [-0.05, 0) is 49.0 Å². The van der Waals surface area contributed by atoms with Gasteiger partial charge in [0.1, 0.15) is 0 Å². The molecule has 1 aliphatic carbocycles. The Hall–Kier alpha value is -1.36. The fourth-order valence-corrected chi connectivity index (χ4v) is 4.07. The Morgan fingerprint density at radius 1 is 1.33 bits per heavy atom. The summed E-state index contributed by atoms with van der Waals surface area (Å²) < 4.78 is 0. The van der Waals surface area contributed by atoms with Gasteiger partial charge in [-0.3, -0.25) is 9.59 Å². The van der Waals surface area contributed by atoms with E-state index in [2.05, 4.69) is 11.4 Å². The highest BCUT2D eigenvalue weighted by atomic mass is 32.1. The van der Waals surface area contributed by atoms with E-state index in [1.807, 2.05) is 6.07 Å². The fraction of sp³-hybridized carbons (Fsp3) is 0.625. The van der Waals surface area contributed by atoms with E-state index in [9.17, 15) is 14.7 Å². The highest BCUT2D eigenvalue weighted by Gasteiger charge is 2.46. The highest BCUT2D eigenvalue weighted by Crippen LogP contribution is 2.44. The molecule has 1 N–H and O–H groups in total. The minimum Gasteiger partial charge on any atom is -0.481 e. The normalized spacial score (nSPS) is 25.2. The van der Waals surface area contributed by atoms with Crippen LogP contribution in [-0.2, 0) is 16.0 Å². The largest absolute Gasteiger partial charge is 0.481 e. The predicted molar refractivity (Wildman–Crippen MR) is 81.2 cm³/mol. The van der Waals surface area contributed by atoms with Crippen molar-refractivity contribution in [2.75, 3.05) is 13.1 Å². The molecular weight excluding hydrogens is 286 g/mol. The highest BCUT2D eigenvalue weighted by molar-refractivity contribution is 7.09. The summed E-state index contributed by atoms with van der Waals surface area (Å²) in [5.74, 6) is -0.237. The van der Waals surface area contributed by atoms with Crippen LogP contribution in [0.15, 0.2) is 17.5 Å². The lowest BCUT2D eigenvalue weighted by atomic mass is 9.92. The molecule has 2 atom stereocenters. The molecule has 2 heterocycles. The molecule has 0 unspecified atom stereocenters. The van der Waals surface area contributed by atoms with Crippen molar-refractivity contribution in [3.05, 3.63) is 22.4 Å². The lowest BCUT2D eigenvalue weighted by molar-refractivity contribution is -0.142. The second kappa shape index (κ2) is 6.18. The summed E-state index contributed by atoms with van der Waals surface area (Å²) in [5, 5.41) is 11.4. The molecule has 1 amide bonds. The van der Waals surface area contributed by atoms with Gasteiger partial charge in [-0.15, -0.1) is 11.3 Å². The average molecular weight is 307 g/mol. The van der Waals surface area contributed by atoms with E-state index in [1.54, 1.807) is 16.2 Å². The Morgan fingerprint density at radius 3 is 2.76 bits per heavy atom. The van der Waals surface area contributed by atoms with Gasteiger partial charge in [-0.2, -0.15) is 0 Å². The predicted octanol–water partition coefficient (Wildman–Crippen LogP) is 2.64. The van der Waals surface area contributed by atoms with Crippen LogP contribution >= 0.6 is 11.3 Å². The van der Waals surface area contributed by atoms with E-state index in [-0.39, 0.29) is 17.7 Å². The molecule has 1 saturated carbocycles. The molecule has 1 aromatic rings. The van der Waals surface area contributed by atoms with E-state index in [0.29, 0.717) is 25.4 Å². The molecule has 21 heavy (non-hydrogen) atoms. The van der Waals surface area contributed by atoms with Crippen molar-refractivity contribution in [1.29, 1.82) is 0 Å². The molecule has 3 rings (SSSR count). The summed E-state index contributed by atoms with van der Waals surface area (Å²) in [5.41, 5.74) is 0. The Morgan fingerprint density at radius 2 is 2.14 bits per heavy atom. The minimum absolute atomic E-state index is 0.126. The number of likely N-dealkylation sites (tertiary alicyclic amines) is 1. The summed E-state index contributed by atoms with van der Waals surface area (Å²) in [6.45, 7) is 1.06. The van der Waals surface area contributed by atoms with Crippen LogP contribution < -0.4 is 0 Å². The number of aryl methyl sites for hydroxylation is 1. The fourth-order valence-electron chi connectivity index (χ4n) is 3.32. The van der Waals surface area contributed by atoms with Gasteiger partial charge in [-0.1, -0.05) is 6.07 Å².